The summed E-state index contributed by atoms with van der Waals surface area (Å²) in [6.45, 7) is 12.5. The molecule has 0 bridgehead atoms. The Hall–Kier alpha value is -0.530. The van der Waals surface area contributed by atoms with Crippen molar-refractivity contribution in [3.8, 4) is 0 Å². The first kappa shape index (κ1) is 14.5. The Bertz CT molecular complexity index is 177. The minimum atomic E-state index is 0.314. The lowest BCUT2D eigenvalue weighted by atomic mass is 9.89. The van der Waals surface area contributed by atoms with Gasteiger partial charge >= 0.3 is 0 Å². The molecule has 0 rings (SSSR count). The second-order valence-corrected chi connectivity index (χ2v) is 5.33. The molecule has 90 valence electrons. The van der Waals surface area contributed by atoms with E-state index < -0.39 is 0 Å². The second-order valence-electron chi connectivity index (χ2n) is 5.33. The molecule has 0 radical (unpaired) electrons. The van der Waals surface area contributed by atoms with Crippen molar-refractivity contribution in [3.05, 3.63) is 0 Å². The molecule has 2 heteroatoms. The fourth-order valence-corrected chi connectivity index (χ4v) is 1.67. The van der Waals surface area contributed by atoms with Crippen molar-refractivity contribution in [1.82, 2.24) is 4.90 Å². The van der Waals surface area contributed by atoms with Crippen LogP contribution in [0.15, 0.2) is 0 Å². The van der Waals surface area contributed by atoms with Crippen molar-refractivity contribution in [3.63, 3.8) is 0 Å². The van der Waals surface area contributed by atoms with E-state index in [-0.39, 0.29) is 0 Å². The molecule has 15 heavy (non-hydrogen) atoms. The highest BCUT2D eigenvalue weighted by Crippen LogP contribution is 2.22. The lowest BCUT2D eigenvalue weighted by Crippen LogP contribution is -2.30. The summed E-state index contributed by atoms with van der Waals surface area (Å²) in [4.78, 5) is 13.6. The number of unbranched alkanes of at least 4 members (excludes halogenated alkanes) is 1. The van der Waals surface area contributed by atoms with E-state index >= 15 is 0 Å². The van der Waals surface area contributed by atoms with Crippen molar-refractivity contribution in [2.24, 2.45) is 5.41 Å². The fourth-order valence-electron chi connectivity index (χ4n) is 1.67. The number of carbonyl (C=O) groups is 1. The van der Waals surface area contributed by atoms with E-state index in [2.05, 4.69) is 20.8 Å². The van der Waals surface area contributed by atoms with Gasteiger partial charge in [0.15, 0.2) is 0 Å². The molecule has 1 amide bonds. The van der Waals surface area contributed by atoms with Crippen LogP contribution in [0.5, 0.6) is 0 Å². The lowest BCUT2D eigenvalue weighted by molar-refractivity contribution is -0.130. The van der Waals surface area contributed by atoms with Gasteiger partial charge in [-0.1, -0.05) is 27.2 Å². The Labute approximate surface area is 95.0 Å². The van der Waals surface area contributed by atoms with E-state index in [1.54, 1.807) is 0 Å². The van der Waals surface area contributed by atoms with Gasteiger partial charge in [0, 0.05) is 19.5 Å². The predicted molar refractivity (Wildman–Crippen MR) is 65.9 cm³/mol. The van der Waals surface area contributed by atoms with Crippen LogP contribution < -0.4 is 0 Å². The minimum Gasteiger partial charge on any atom is -0.343 e. The third kappa shape index (κ3) is 7.40. The molecule has 0 heterocycles. The number of hydrogen-bond donors (Lipinski definition) is 0. The van der Waals surface area contributed by atoms with Gasteiger partial charge in [-0.2, -0.15) is 0 Å². The topological polar surface area (TPSA) is 20.3 Å². The fraction of sp³-hybridized carbons (Fsp3) is 0.923. The highest BCUT2D eigenvalue weighted by molar-refractivity contribution is 5.75. The first-order chi connectivity index (χ1) is 6.90. The van der Waals surface area contributed by atoms with Crippen molar-refractivity contribution >= 4 is 5.91 Å². The summed E-state index contributed by atoms with van der Waals surface area (Å²) in [6, 6.07) is 0. The molecule has 0 aliphatic carbocycles. The van der Waals surface area contributed by atoms with E-state index in [0.29, 0.717) is 11.3 Å². The van der Waals surface area contributed by atoms with Crippen molar-refractivity contribution in [2.75, 3.05) is 13.1 Å². The quantitative estimate of drug-likeness (QED) is 0.619. The molecule has 2 nitrogen and oxygen atoms in total. The van der Waals surface area contributed by atoms with Crippen LogP contribution in [0.2, 0.25) is 0 Å². The van der Waals surface area contributed by atoms with Gasteiger partial charge in [-0.15, -0.1) is 0 Å². The normalized spacial score (nSPS) is 11.5. The van der Waals surface area contributed by atoms with Crippen LogP contribution in [0.4, 0.5) is 0 Å². The smallest absolute Gasteiger partial charge is 0.222 e. The number of hydrogen-bond acceptors (Lipinski definition) is 1. The zero-order chi connectivity index (χ0) is 11.9. The molecule has 0 aliphatic rings. The minimum absolute atomic E-state index is 0.314. The van der Waals surface area contributed by atoms with Gasteiger partial charge in [0.1, 0.15) is 0 Å². The first-order valence-electron chi connectivity index (χ1n) is 6.18. The number of amides is 1. The molecule has 0 aromatic heterocycles. The van der Waals surface area contributed by atoms with Gasteiger partial charge in [0.25, 0.3) is 0 Å². The molecule has 0 fully saturated rings. The highest BCUT2D eigenvalue weighted by Gasteiger charge is 2.11. The van der Waals surface area contributed by atoms with Gasteiger partial charge in [0.2, 0.25) is 5.91 Å². The van der Waals surface area contributed by atoms with Crippen LogP contribution in [0.3, 0.4) is 0 Å². The lowest BCUT2D eigenvalue weighted by Gasteiger charge is -2.20. The highest BCUT2D eigenvalue weighted by atomic mass is 16.2. The van der Waals surface area contributed by atoms with Gasteiger partial charge in [-0.3, -0.25) is 4.79 Å². The van der Waals surface area contributed by atoms with Crippen LogP contribution in [-0.4, -0.2) is 23.9 Å². The maximum absolute atomic E-state index is 11.7. The summed E-state index contributed by atoms with van der Waals surface area (Å²) in [5.41, 5.74) is 0.401. The number of rotatable bonds is 6. The Morgan fingerprint density at radius 3 is 2.00 bits per heavy atom. The van der Waals surface area contributed by atoms with Crippen LogP contribution >= 0.6 is 0 Å². The maximum Gasteiger partial charge on any atom is 0.222 e. The van der Waals surface area contributed by atoms with Crippen LogP contribution in [0.1, 0.15) is 60.3 Å². The summed E-state index contributed by atoms with van der Waals surface area (Å²) in [5.74, 6) is 0.314. The standard InChI is InChI=1S/C13H27NO/c1-6-14(7-2)12(15)10-8-9-11-13(3,4)5/h6-11H2,1-5H3. The zero-order valence-electron chi connectivity index (χ0n) is 11.1. The molecule has 0 aromatic rings. The molecule has 0 N–H and O–H groups in total. The van der Waals surface area contributed by atoms with Crippen LogP contribution in [0.25, 0.3) is 0 Å². The molecule has 0 atom stereocenters. The third-order valence-electron chi connectivity index (χ3n) is 2.68. The van der Waals surface area contributed by atoms with E-state index in [0.717, 1.165) is 32.4 Å². The van der Waals surface area contributed by atoms with E-state index in [9.17, 15) is 4.79 Å². The molecule has 0 saturated heterocycles. The summed E-state index contributed by atoms with van der Waals surface area (Å²) in [7, 11) is 0. The average Bonchev–Trinajstić information content (AvgIpc) is 2.13. The van der Waals surface area contributed by atoms with Crippen LogP contribution in [-0.2, 0) is 4.79 Å². The molecule has 0 saturated carbocycles. The van der Waals surface area contributed by atoms with Gasteiger partial charge in [-0.05, 0) is 32.1 Å². The Kier molecular flexibility index (Phi) is 6.62. The van der Waals surface area contributed by atoms with Gasteiger partial charge in [0.05, 0.1) is 0 Å². The van der Waals surface area contributed by atoms with E-state index in [1.807, 2.05) is 18.7 Å². The molecule has 0 unspecified atom stereocenters. The number of carbonyl (C=O) groups excluding carboxylic acids is 1. The van der Waals surface area contributed by atoms with Crippen molar-refractivity contribution in [2.45, 2.75) is 60.3 Å². The first-order valence-corrected chi connectivity index (χ1v) is 6.18. The largest absolute Gasteiger partial charge is 0.343 e. The van der Waals surface area contributed by atoms with E-state index in [4.69, 9.17) is 0 Å². The molecule has 0 spiro atoms. The van der Waals surface area contributed by atoms with E-state index in [1.165, 1.54) is 6.42 Å². The molecular formula is C13H27NO. The van der Waals surface area contributed by atoms with Gasteiger partial charge < -0.3 is 4.90 Å². The maximum atomic E-state index is 11.7. The zero-order valence-corrected chi connectivity index (χ0v) is 11.1. The average molecular weight is 213 g/mol. The van der Waals surface area contributed by atoms with Crippen LogP contribution in [0, 0.1) is 5.41 Å². The summed E-state index contributed by atoms with van der Waals surface area (Å²) >= 11 is 0. The predicted octanol–water partition coefficient (Wildman–Crippen LogP) is 3.46. The molecular weight excluding hydrogens is 186 g/mol. The monoisotopic (exact) mass is 213 g/mol. The van der Waals surface area contributed by atoms with Gasteiger partial charge in [-0.25, -0.2) is 0 Å². The number of nitrogens with zero attached hydrogens (tertiary/aromatic N) is 1. The summed E-state index contributed by atoms with van der Waals surface area (Å²) in [5, 5.41) is 0. The SMILES string of the molecule is CCN(CC)C(=O)CCCCC(C)(C)C. The third-order valence-corrected chi connectivity index (χ3v) is 2.68. The second kappa shape index (κ2) is 6.86. The molecule has 0 aliphatic heterocycles. The summed E-state index contributed by atoms with van der Waals surface area (Å²) in [6.07, 6.45) is 4.12. The van der Waals surface area contributed by atoms with Crippen molar-refractivity contribution < 1.29 is 4.79 Å². The summed E-state index contributed by atoms with van der Waals surface area (Å²) < 4.78 is 0. The Balaban J connectivity index is 3.63. The Morgan fingerprint density at radius 2 is 1.60 bits per heavy atom. The van der Waals surface area contributed by atoms with Crippen molar-refractivity contribution in [1.29, 1.82) is 0 Å². The molecule has 0 aromatic carbocycles. The Morgan fingerprint density at radius 1 is 1.07 bits per heavy atom.